The molecule has 2 heterocycles. The van der Waals surface area contributed by atoms with Crippen molar-refractivity contribution >= 4 is 28.8 Å². The first-order valence-corrected chi connectivity index (χ1v) is 6.76. The van der Waals surface area contributed by atoms with Crippen molar-refractivity contribution < 1.29 is 14.8 Å². The lowest BCUT2D eigenvalue weighted by Gasteiger charge is -2.24. The van der Waals surface area contributed by atoms with Gasteiger partial charge in [0.2, 0.25) is 5.82 Å². The molecule has 9 heteroatoms. The number of hydrogen-bond donors (Lipinski definition) is 2. The number of aromatic carboxylic acids is 1. The largest absolute Gasteiger partial charge is 0.477 e. The second-order valence-electron chi connectivity index (χ2n) is 4.71. The van der Waals surface area contributed by atoms with Crippen LogP contribution in [0, 0.1) is 10.1 Å². The van der Waals surface area contributed by atoms with Gasteiger partial charge in [-0.25, -0.2) is 14.8 Å². The second kappa shape index (κ2) is 5.44. The van der Waals surface area contributed by atoms with Gasteiger partial charge in [0.15, 0.2) is 5.69 Å². The number of nitrogens with zero attached hydrogens (tertiary/aromatic N) is 3. The van der Waals surface area contributed by atoms with Gasteiger partial charge in [-0.15, -0.1) is 11.3 Å². The summed E-state index contributed by atoms with van der Waals surface area (Å²) in [4.78, 5) is 29.4. The molecule has 2 aromatic heterocycles. The number of pyridine rings is 1. The molecule has 110 valence electrons. The summed E-state index contributed by atoms with van der Waals surface area (Å²) in [6.07, 6.45) is 1.62. The summed E-state index contributed by atoms with van der Waals surface area (Å²) in [5.41, 5.74) is -1.27. The Hall–Kier alpha value is -2.55. The Bertz CT molecular complexity index is 685. The standard InChI is InChI=1S/C12H12N4O4S/c1-12(2,11-13-5-6-21-11)15-9-8(16(19)20)4-3-7(14-9)10(17)18/h3-6H,1-2H3,(H,14,15)(H,17,18). The molecule has 0 saturated heterocycles. The molecule has 8 nitrogen and oxygen atoms in total. The van der Waals surface area contributed by atoms with Gasteiger partial charge < -0.3 is 10.4 Å². The molecular formula is C12H12N4O4S. The molecule has 2 rings (SSSR count). The zero-order chi connectivity index (χ0) is 15.6. The van der Waals surface area contributed by atoms with Gasteiger partial charge >= 0.3 is 11.7 Å². The highest BCUT2D eigenvalue weighted by molar-refractivity contribution is 7.09. The molecule has 0 fully saturated rings. The van der Waals surface area contributed by atoms with Gasteiger partial charge in [0, 0.05) is 17.6 Å². The van der Waals surface area contributed by atoms with Crippen LogP contribution in [0.15, 0.2) is 23.7 Å². The predicted molar refractivity (Wildman–Crippen MR) is 76.6 cm³/mol. The highest BCUT2D eigenvalue weighted by Crippen LogP contribution is 2.31. The minimum absolute atomic E-state index is 0.0971. The molecule has 0 unspecified atom stereocenters. The van der Waals surface area contributed by atoms with Crippen LogP contribution in [-0.2, 0) is 5.54 Å². The molecule has 0 bridgehead atoms. The minimum Gasteiger partial charge on any atom is -0.477 e. The van der Waals surface area contributed by atoms with Crippen LogP contribution in [0.4, 0.5) is 11.5 Å². The summed E-state index contributed by atoms with van der Waals surface area (Å²) in [5, 5.41) is 25.4. The van der Waals surface area contributed by atoms with E-state index in [1.807, 2.05) is 0 Å². The number of thiazole rings is 1. The van der Waals surface area contributed by atoms with E-state index in [0.29, 0.717) is 5.01 Å². The monoisotopic (exact) mass is 308 g/mol. The summed E-state index contributed by atoms with van der Waals surface area (Å²) in [5.74, 6) is -1.35. The first-order chi connectivity index (χ1) is 9.81. The van der Waals surface area contributed by atoms with E-state index in [4.69, 9.17) is 5.11 Å². The van der Waals surface area contributed by atoms with E-state index >= 15 is 0 Å². The van der Waals surface area contributed by atoms with Gasteiger partial charge in [-0.3, -0.25) is 10.1 Å². The fourth-order valence-corrected chi connectivity index (χ4v) is 2.41. The van der Waals surface area contributed by atoms with Crippen molar-refractivity contribution in [3.63, 3.8) is 0 Å². The van der Waals surface area contributed by atoms with Crippen LogP contribution in [0.3, 0.4) is 0 Å². The Morgan fingerprint density at radius 2 is 2.19 bits per heavy atom. The number of carboxylic acid groups (broad SMARTS) is 1. The van der Waals surface area contributed by atoms with Crippen molar-refractivity contribution in [2.75, 3.05) is 5.32 Å². The Balaban J connectivity index is 2.44. The molecular weight excluding hydrogens is 296 g/mol. The van der Waals surface area contributed by atoms with Gasteiger partial charge in [-0.2, -0.15) is 0 Å². The molecule has 21 heavy (non-hydrogen) atoms. The second-order valence-corrected chi connectivity index (χ2v) is 5.61. The first-order valence-electron chi connectivity index (χ1n) is 5.88. The number of nitrogens with one attached hydrogen (secondary N) is 1. The summed E-state index contributed by atoms with van der Waals surface area (Å²) in [6, 6.07) is 2.22. The molecule has 0 aromatic carbocycles. The third kappa shape index (κ3) is 3.14. The highest BCUT2D eigenvalue weighted by Gasteiger charge is 2.28. The van der Waals surface area contributed by atoms with E-state index in [-0.39, 0.29) is 17.2 Å². The SMILES string of the molecule is CC(C)(Nc1nc(C(=O)O)ccc1[N+](=O)[O-])c1nccs1. The normalized spacial score (nSPS) is 11.1. The Labute approximate surface area is 123 Å². The van der Waals surface area contributed by atoms with Gasteiger partial charge in [0.05, 0.1) is 10.5 Å². The fraction of sp³-hybridized carbons (Fsp3) is 0.250. The Morgan fingerprint density at radius 1 is 1.48 bits per heavy atom. The Morgan fingerprint density at radius 3 is 2.71 bits per heavy atom. The number of carboxylic acids is 1. The number of nitro groups is 1. The van der Waals surface area contributed by atoms with Crippen molar-refractivity contribution in [3.8, 4) is 0 Å². The van der Waals surface area contributed by atoms with Gasteiger partial charge in [0.25, 0.3) is 0 Å². The first kappa shape index (κ1) is 14.9. The van der Waals surface area contributed by atoms with Crippen molar-refractivity contribution in [3.05, 3.63) is 44.5 Å². The number of carbonyl (C=O) groups is 1. The maximum atomic E-state index is 11.0. The molecule has 0 saturated carbocycles. The molecule has 2 N–H and O–H groups in total. The lowest BCUT2D eigenvalue weighted by Crippen LogP contribution is -2.29. The van der Waals surface area contributed by atoms with Crippen LogP contribution < -0.4 is 5.32 Å². The predicted octanol–water partition coefficient (Wildman–Crippen LogP) is 2.49. The summed E-state index contributed by atoms with van der Waals surface area (Å²) in [7, 11) is 0. The number of hydrogen-bond acceptors (Lipinski definition) is 7. The van der Waals surface area contributed by atoms with Crippen molar-refractivity contribution in [2.45, 2.75) is 19.4 Å². The van der Waals surface area contributed by atoms with Crippen LogP contribution in [-0.4, -0.2) is 26.0 Å². The van der Waals surface area contributed by atoms with Gasteiger partial charge in [-0.05, 0) is 19.9 Å². The zero-order valence-corrected chi connectivity index (χ0v) is 12.0. The number of anilines is 1. The quantitative estimate of drug-likeness (QED) is 0.643. The molecule has 0 aliphatic heterocycles. The summed E-state index contributed by atoms with van der Waals surface area (Å²) in [6.45, 7) is 3.56. The molecule has 0 spiro atoms. The van der Waals surface area contributed by atoms with Crippen LogP contribution in [0.2, 0.25) is 0 Å². The highest BCUT2D eigenvalue weighted by atomic mass is 32.1. The molecule has 0 atom stereocenters. The van der Waals surface area contributed by atoms with Crippen LogP contribution in [0.1, 0.15) is 29.3 Å². The van der Waals surface area contributed by atoms with Crippen molar-refractivity contribution in [2.24, 2.45) is 0 Å². The lowest BCUT2D eigenvalue weighted by molar-refractivity contribution is -0.384. The van der Waals surface area contributed by atoms with Crippen LogP contribution >= 0.6 is 11.3 Å². The maximum absolute atomic E-state index is 11.0. The smallest absolute Gasteiger partial charge is 0.354 e. The fourth-order valence-electron chi connectivity index (χ4n) is 1.69. The zero-order valence-electron chi connectivity index (χ0n) is 11.2. The molecule has 0 amide bonds. The van der Waals surface area contributed by atoms with E-state index in [0.717, 1.165) is 12.1 Å². The van der Waals surface area contributed by atoms with Gasteiger partial charge in [0.1, 0.15) is 5.01 Å². The van der Waals surface area contributed by atoms with Crippen LogP contribution in [0.25, 0.3) is 0 Å². The van der Waals surface area contributed by atoms with E-state index in [9.17, 15) is 14.9 Å². The van der Waals surface area contributed by atoms with E-state index < -0.39 is 16.4 Å². The number of rotatable bonds is 5. The summed E-state index contributed by atoms with van der Waals surface area (Å²) < 4.78 is 0. The molecule has 0 aliphatic rings. The Kier molecular flexibility index (Phi) is 3.85. The lowest BCUT2D eigenvalue weighted by atomic mass is 10.1. The van der Waals surface area contributed by atoms with Gasteiger partial charge in [-0.1, -0.05) is 0 Å². The van der Waals surface area contributed by atoms with E-state index in [1.165, 1.54) is 11.3 Å². The van der Waals surface area contributed by atoms with E-state index in [1.54, 1.807) is 25.4 Å². The molecule has 2 aromatic rings. The average molecular weight is 308 g/mol. The topological polar surface area (TPSA) is 118 Å². The molecule has 0 radical (unpaired) electrons. The molecule has 0 aliphatic carbocycles. The van der Waals surface area contributed by atoms with E-state index in [2.05, 4.69) is 15.3 Å². The third-order valence-electron chi connectivity index (χ3n) is 2.69. The minimum atomic E-state index is -1.25. The summed E-state index contributed by atoms with van der Waals surface area (Å²) >= 11 is 1.39. The van der Waals surface area contributed by atoms with Crippen LogP contribution in [0.5, 0.6) is 0 Å². The maximum Gasteiger partial charge on any atom is 0.354 e. The number of aromatic nitrogens is 2. The van der Waals surface area contributed by atoms with Crippen molar-refractivity contribution in [1.82, 2.24) is 9.97 Å². The third-order valence-corrected chi connectivity index (χ3v) is 3.78. The average Bonchev–Trinajstić information content (AvgIpc) is 2.92. The van der Waals surface area contributed by atoms with Crippen molar-refractivity contribution in [1.29, 1.82) is 0 Å².